The van der Waals surface area contributed by atoms with Gasteiger partial charge in [-0.25, -0.2) is 4.79 Å². The summed E-state index contributed by atoms with van der Waals surface area (Å²) in [7, 11) is 4.16. The summed E-state index contributed by atoms with van der Waals surface area (Å²) in [4.78, 5) is 16.3. The van der Waals surface area contributed by atoms with Crippen LogP contribution in [0.4, 0.5) is 0 Å². The Labute approximate surface area is 162 Å². The predicted molar refractivity (Wildman–Crippen MR) is 104 cm³/mol. The van der Waals surface area contributed by atoms with Crippen molar-refractivity contribution in [1.82, 2.24) is 4.90 Å². The van der Waals surface area contributed by atoms with Crippen LogP contribution in [0.3, 0.4) is 0 Å². The fourth-order valence-electron chi connectivity index (χ4n) is 3.82. The molecular formula is C20H23NO3S2. The molecule has 2 aliphatic heterocycles. The molecule has 0 aliphatic carbocycles. The van der Waals surface area contributed by atoms with Gasteiger partial charge in [0, 0.05) is 22.9 Å². The number of nitrogens with zero attached hydrogens (tertiary/aromatic N) is 1. The van der Waals surface area contributed by atoms with Crippen LogP contribution in [0.1, 0.15) is 46.2 Å². The van der Waals surface area contributed by atoms with E-state index in [-0.39, 0.29) is 18.2 Å². The molecule has 1 fully saturated rings. The highest BCUT2D eigenvalue weighted by Crippen LogP contribution is 2.55. The molecular weight excluding hydrogens is 366 g/mol. The van der Waals surface area contributed by atoms with E-state index in [1.165, 1.54) is 21.8 Å². The van der Waals surface area contributed by atoms with E-state index in [9.17, 15) is 4.79 Å². The lowest BCUT2D eigenvalue weighted by molar-refractivity contribution is 0.0263. The van der Waals surface area contributed by atoms with Crippen molar-refractivity contribution in [2.24, 2.45) is 0 Å². The van der Waals surface area contributed by atoms with Gasteiger partial charge in [0.1, 0.15) is 4.88 Å². The lowest BCUT2D eigenvalue weighted by Gasteiger charge is -2.18. The number of ether oxygens (including phenoxy) is 2. The molecule has 0 amide bonds. The van der Waals surface area contributed by atoms with Gasteiger partial charge in [-0.2, -0.15) is 0 Å². The first-order valence-corrected chi connectivity index (χ1v) is 10.6. The summed E-state index contributed by atoms with van der Waals surface area (Å²) in [5.74, 6) is 0.0911. The average Bonchev–Trinajstić information content (AvgIpc) is 3.17. The second kappa shape index (κ2) is 7.35. The van der Waals surface area contributed by atoms with E-state index in [1.807, 2.05) is 13.0 Å². The van der Waals surface area contributed by atoms with E-state index in [0.29, 0.717) is 17.4 Å². The van der Waals surface area contributed by atoms with Crippen LogP contribution < -0.4 is 0 Å². The van der Waals surface area contributed by atoms with Crippen molar-refractivity contribution >= 4 is 29.1 Å². The van der Waals surface area contributed by atoms with E-state index in [2.05, 4.69) is 43.3 Å². The lowest BCUT2D eigenvalue weighted by Crippen LogP contribution is -2.25. The first kappa shape index (κ1) is 18.0. The lowest BCUT2D eigenvalue weighted by atomic mass is 9.88. The van der Waals surface area contributed by atoms with Gasteiger partial charge in [-0.05, 0) is 45.1 Å². The van der Waals surface area contributed by atoms with Crippen LogP contribution in [0.15, 0.2) is 39.4 Å². The Morgan fingerprint density at radius 3 is 2.88 bits per heavy atom. The van der Waals surface area contributed by atoms with E-state index in [4.69, 9.17) is 9.47 Å². The number of hydrogen-bond donors (Lipinski definition) is 0. The van der Waals surface area contributed by atoms with Gasteiger partial charge in [0.2, 0.25) is 0 Å². The maximum atomic E-state index is 12.2. The highest BCUT2D eigenvalue weighted by molar-refractivity contribution is 8.01. The number of thiophene rings is 1. The Morgan fingerprint density at radius 2 is 2.12 bits per heavy atom. The van der Waals surface area contributed by atoms with Crippen LogP contribution in [0.5, 0.6) is 0 Å². The van der Waals surface area contributed by atoms with Crippen molar-refractivity contribution in [3.63, 3.8) is 0 Å². The second-order valence-electron chi connectivity index (χ2n) is 7.00. The van der Waals surface area contributed by atoms with Gasteiger partial charge in [-0.3, -0.25) is 0 Å². The predicted octanol–water partition coefficient (Wildman–Crippen LogP) is 4.56. The maximum Gasteiger partial charge on any atom is 0.348 e. The molecule has 4 nitrogen and oxygen atoms in total. The Morgan fingerprint density at radius 1 is 1.31 bits per heavy atom. The number of esters is 1. The molecule has 4 rings (SSSR count). The van der Waals surface area contributed by atoms with Crippen molar-refractivity contribution in [3.8, 4) is 0 Å². The molecule has 3 heterocycles. The number of hydrogen-bond acceptors (Lipinski definition) is 6. The monoisotopic (exact) mass is 389 g/mol. The molecule has 0 N–H and O–H groups in total. The molecule has 2 aliphatic rings. The van der Waals surface area contributed by atoms with Crippen molar-refractivity contribution < 1.29 is 14.3 Å². The Balaban J connectivity index is 1.74. The molecule has 2 aromatic rings. The van der Waals surface area contributed by atoms with Gasteiger partial charge in [-0.15, -0.1) is 11.3 Å². The number of carbonyl (C=O) groups excluding carboxylic acids is 1. The summed E-state index contributed by atoms with van der Waals surface area (Å²) in [5, 5.41) is 0. The van der Waals surface area contributed by atoms with Crippen LogP contribution in [-0.2, 0) is 9.47 Å². The Hall–Kier alpha value is -1.34. The summed E-state index contributed by atoms with van der Waals surface area (Å²) < 4.78 is 12.8. The molecule has 1 saturated heterocycles. The number of rotatable bonds is 4. The number of fused-ring (bicyclic) bond motifs is 5. The Bertz CT molecular complexity index is 817. The molecule has 0 spiro atoms. The largest absolute Gasteiger partial charge is 0.462 e. The van der Waals surface area contributed by atoms with Crippen LogP contribution >= 0.6 is 23.1 Å². The Kier molecular flexibility index (Phi) is 5.10. The number of carbonyl (C=O) groups is 1. The smallest absolute Gasteiger partial charge is 0.348 e. The third-order valence-electron chi connectivity index (χ3n) is 4.82. The highest BCUT2D eigenvalue weighted by atomic mass is 32.2. The average molecular weight is 390 g/mol. The molecule has 26 heavy (non-hydrogen) atoms. The highest BCUT2D eigenvalue weighted by Gasteiger charge is 2.42. The van der Waals surface area contributed by atoms with E-state index < -0.39 is 0 Å². The van der Waals surface area contributed by atoms with Gasteiger partial charge in [0.25, 0.3) is 0 Å². The molecule has 138 valence electrons. The minimum absolute atomic E-state index is 0.00512. The van der Waals surface area contributed by atoms with E-state index in [1.54, 1.807) is 11.8 Å². The minimum atomic E-state index is -0.237. The van der Waals surface area contributed by atoms with Gasteiger partial charge in [0.05, 0.1) is 23.0 Å². The molecule has 1 aromatic heterocycles. The van der Waals surface area contributed by atoms with Crippen molar-refractivity contribution in [2.75, 3.05) is 27.2 Å². The summed E-state index contributed by atoms with van der Waals surface area (Å²) in [6, 6.07) is 10.6. The van der Waals surface area contributed by atoms with Crippen LogP contribution in [0, 0.1) is 0 Å². The van der Waals surface area contributed by atoms with Crippen molar-refractivity contribution in [1.29, 1.82) is 0 Å². The standard InChI is InChI=1S/C20H23NO3S2/c1-4-23-19(22)17-10-15-18-14(9-12(24-18)11-21(2)3)13-7-5-6-8-16(13)25-20(15)26-17/h5-8,10,12,14,18H,4,9,11H2,1-3H3. The summed E-state index contributed by atoms with van der Waals surface area (Å²) >= 11 is 3.27. The first-order chi connectivity index (χ1) is 12.6. The zero-order chi connectivity index (χ0) is 18.3. The van der Waals surface area contributed by atoms with Crippen LogP contribution in [0.2, 0.25) is 0 Å². The third-order valence-corrected chi connectivity index (χ3v) is 7.26. The van der Waals surface area contributed by atoms with Crippen LogP contribution in [-0.4, -0.2) is 44.2 Å². The van der Waals surface area contributed by atoms with Gasteiger partial charge >= 0.3 is 5.97 Å². The summed E-state index contributed by atoms with van der Waals surface area (Å²) in [5.41, 5.74) is 2.51. The topological polar surface area (TPSA) is 38.8 Å². The van der Waals surface area contributed by atoms with Crippen LogP contribution in [0.25, 0.3) is 0 Å². The third kappa shape index (κ3) is 3.31. The van der Waals surface area contributed by atoms with Crippen molar-refractivity contribution in [3.05, 3.63) is 46.3 Å². The zero-order valence-corrected chi connectivity index (χ0v) is 16.9. The normalized spacial score (nSPS) is 23.9. The van der Waals surface area contributed by atoms with Gasteiger partial charge in [0.15, 0.2) is 0 Å². The van der Waals surface area contributed by atoms with E-state index in [0.717, 1.165) is 22.7 Å². The summed E-state index contributed by atoms with van der Waals surface area (Å²) in [6.45, 7) is 3.14. The zero-order valence-electron chi connectivity index (χ0n) is 15.2. The SMILES string of the molecule is CCOC(=O)c1cc2c(s1)Sc1ccccc1C1CC(CN(C)C)OC21. The molecule has 6 heteroatoms. The molecule has 0 saturated carbocycles. The van der Waals surface area contributed by atoms with Gasteiger partial charge in [-0.1, -0.05) is 30.0 Å². The molecule has 3 unspecified atom stereocenters. The molecule has 3 atom stereocenters. The fourth-order valence-corrected chi connectivity index (χ4v) is 6.32. The second-order valence-corrected chi connectivity index (χ2v) is 9.36. The minimum Gasteiger partial charge on any atom is -0.462 e. The quantitative estimate of drug-likeness (QED) is 0.717. The van der Waals surface area contributed by atoms with Gasteiger partial charge < -0.3 is 14.4 Å². The molecule has 0 radical (unpaired) electrons. The first-order valence-electron chi connectivity index (χ1n) is 8.94. The number of likely N-dealkylation sites (N-methyl/N-ethyl adjacent to an activating group) is 1. The molecule has 0 bridgehead atoms. The van der Waals surface area contributed by atoms with Crippen molar-refractivity contribution in [2.45, 2.75) is 40.6 Å². The maximum absolute atomic E-state index is 12.2. The fraction of sp³-hybridized carbons (Fsp3) is 0.450. The summed E-state index contributed by atoms with van der Waals surface area (Å²) in [6.07, 6.45) is 1.21. The van der Waals surface area contributed by atoms with E-state index >= 15 is 0 Å². The number of benzene rings is 1. The molecule has 1 aromatic carbocycles.